The molecule has 0 aliphatic carbocycles. The van der Waals surface area contributed by atoms with Crippen LogP contribution in [-0.2, 0) is 13.0 Å². The van der Waals surface area contributed by atoms with E-state index < -0.39 is 5.60 Å². The molecule has 3 heterocycles. The maximum atomic E-state index is 12.1. The summed E-state index contributed by atoms with van der Waals surface area (Å²) in [4.78, 5) is 15.8. The zero-order valence-corrected chi connectivity index (χ0v) is 12.6. The Balaban J connectivity index is 1.75. The Morgan fingerprint density at radius 2 is 2.38 bits per heavy atom. The van der Waals surface area contributed by atoms with Gasteiger partial charge in [0.2, 0.25) is 0 Å². The van der Waals surface area contributed by atoms with Crippen LogP contribution in [0.3, 0.4) is 0 Å². The molecule has 0 aromatic carbocycles. The van der Waals surface area contributed by atoms with Crippen LogP contribution in [0.25, 0.3) is 0 Å². The van der Waals surface area contributed by atoms with Crippen molar-refractivity contribution in [3.63, 3.8) is 0 Å². The number of amides is 1. The van der Waals surface area contributed by atoms with Gasteiger partial charge in [-0.15, -0.1) is 0 Å². The molecular weight excluding hydrogens is 272 g/mol. The van der Waals surface area contributed by atoms with Crippen LogP contribution in [0.1, 0.15) is 28.2 Å². The van der Waals surface area contributed by atoms with E-state index in [-0.39, 0.29) is 5.91 Å². The van der Waals surface area contributed by atoms with Gasteiger partial charge in [0.05, 0.1) is 5.60 Å². The van der Waals surface area contributed by atoms with E-state index in [0.29, 0.717) is 25.3 Å². The summed E-state index contributed by atoms with van der Waals surface area (Å²) < 4.78 is 5.30. The van der Waals surface area contributed by atoms with E-state index in [9.17, 15) is 9.90 Å². The number of hydrogen-bond acceptors (Lipinski definition) is 6. The van der Waals surface area contributed by atoms with E-state index in [0.717, 1.165) is 37.3 Å². The van der Waals surface area contributed by atoms with E-state index in [4.69, 9.17) is 4.52 Å². The standard InChI is InChI=1S/C14H22N4O3/c1-17(2)13(19)12-10-7-18(6-3-11(10)21-16-12)9-14(20)4-5-15-8-14/h15,20H,3-9H2,1-2H3. The van der Waals surface area contributed by atoms with Crippen molar-refractivity contribution >= 4 is 5.91 Å². The van der Waals surface area contributed by atoms with E-state index in [1.165, 1.54) is 4.90 Å². The third kappa shape index (κ3) is 2.81. The summed E-state index contributed by atoms with van der Waals surface area (Å²) in [5, 5.41) is 17.6. The van der Waals surface area contributed by atoms with E-state index in [2.05, 4.69) is 15.4 Å². The fraction of sp³-hybridized carbons (Fsp3) is 0.714. The minimum atomic E-state index is -0.666. The van der Waals surface area contributed by atoms with Crippen LogP contribution in [0.5, 0.6) is 0 Å². The zero-order valence-electron chi connectivity index (χ0n) is 12.6. The predicted octanol–water partition coefficient (Wildman–Crippen LogP) is -0.541. The number of nitrogens with one attached hydrogen (secondary N) is 1. The quantitative estimate of drug-likeness (QED) is 0.779. The van der Waals surface area contributed by atoms with Crippen LogP contribution < -0.4 is 5.32 Å². The molecule has 1 fully saturated rings. The molecule has 0 spiro atoms. The molecule has 3 rings (SSSR count). The van der Waals surface area contributed by atoms with E-state index in [1.54, 1.807) is 14.1 Å². The molecule has 0 bridgehead atoms. The molecule has 1 unspecified atom stereocenters. The minimum Gasteiger partial charge on any atom is -0.387 e. The van der Waals surface area contributed by atoms with Crippen molar-refractivity contribution < 1.29 is 14.4 Å². The molecule has 7 heteroatoms. The van der Waals surface area contributed by atoms with Gasteiger partial charge >= 0.3 is 0 Å². The number of rotatable bonds is 3. The molecule has 2 aliphatic heterocycles. The molecule has 1 aromatic heterocycles. The van der Waals surface area contributed by atoms with Crippen LogP contribution in [0.15, 0.2) is 4.52 Å². The van der Waals surface area contributed by atoms with Crippen molar-refractivity contribution in [1.29, 1.82) is 0 Å². The number of aromatic nitrogens is 1. The number of fused-ring (bicyclic) bond motifs is 1. The molecule has 1 atom stereocenters. The Morgan fingerprint density at radius 1 is 1.57 bits per heavy atom. The van der Waals surface area contributed by atoms with Gasteiger partial charge in [-0.2, -0.15) is 0 Å². The van der Waals surface area contributed by atoms with Crippen molar-refractivity contribution in [3.8, 4) is 0 Å². The normalized spacial score (nSPS) is 25.9. The first-order chi connectivity index (χ1) is 9.98. The van der Waals surface area contributed by atoms with Gasteiger partial charge in [-0.3, -0.25) is 9.69 Å². The Bertz CT molecular complexity index is 534. The lowest BCUT2D eigenvalue weighted by atomic mass is 9.99. The van der Waals surface area contributed by atoms with Crippen molar-refractivity contribution in [1.82, 2.24) is 20.3 Å². The molecule has 1 amide bonds. The lowest BCUT2D eigenvalue weighted by Gasteiger charge is -2.32. The van der Waals surface area contributed by atoms with Gasteiger partial charge in [-0.25, -0.2) is 0 Å². The predicted molar refractivity (Wildman–Crippen MR) is 75.9 cm³/mol. The van der Waals surface area contributed by atoms with Gasteiger partial charge in [0.15, 0.2) is 5.69 Å². The Morgan fingerprint density at radius 3 is 3.05 bits per heavy atom. The number of aliphatic hydroxyl groups is 1. The molecule has 2 aliphatic rings. The highest BCUT2D eigenvalue weighted by Crippen LogP contribution is 2.25. The minimum absolute atomic E-state index is 0.136. The van der Waals surface area contributed by atoms with Crippen molar-refractivity contribution in [2.24, 2.45) is 0 Å². The van der Waals surface area contributed by atoms with Gasteiger partial charge in [0.1, 0.15) is 5.76 Å². The van der Waals surface area contributed by atoms with Crippen LogP contribution >= 0.6 is 0 Å². The maximum Gasteiger partial charge on any atom is 0.275 e. The van der Waals surface area contributed by atoms with Crippen LogP contribution in [0.4, 0.5) is 0 Å². The lowest BCUT2D eigenvalue weighted by Crippen LogP contribution is -2.46. The van der Waals surface area contributed by atoms with Crippen LogP contribution in [0.2, 0.25) is 0 Å². The first-order valence-corrected chi connectivity index (χ1v) is 7.33. The number of nitrogens with zero attached hydrogens (tertiary/aromatic N) is 3. The smallest absolute Gasteiger partial charge is 0.275 e. The average Bonchev–Trinajstić information content (AvgIpc) is 3.04. The summed E-state index contributed by atoms with van der Waals surface area (Å²) in [5.41, 5.74) is 0.603. The summed E-state index contributed by atoms with van der Waals surface area (Å²) in [6, 6.07) is 0. The fourth-order valence-corrected chi connectivity index (χ4v) is 3.06. The molecule has 116 valence electrons. The maximum absolute atomic E-state index is 12.1. The summed E-state index contributed by atoms with van der Waals surface area (Å²) in [6.07, 6.45) is 1.50. The SMILES string of the molecule is CN(C)C(=O)c1noc2c1CN(CC1(O)CCNC1)CC2. The number of carbonyl (C=O) groups is 1. The average molecular weight is 294 g/mol. The second-order valence-electron chi connectivity index (χ2n) is 6.24. The Labute approximate surface area is 123 Å². The summed E-state index contributed by atoms with van der Waals surface area (Å²) in [7, 11) is 3.41. The largest absolute Gasteiger partial charge is 0.387 e. The van der Waals surface area contributed by atoms with Crippen molar-refractivity contribution in [2.75, 3.05) is 40.3 Å². The molecule has 0 radical (unpaired) electrons. The first kappa shape index (κ1) is 14.5. The Kier molecular flexibility index (Phi) is 3.73. The highest BCUT2D eigenvalue weighted by molar-refractivity contribution is 5.93. The zero-order chi connectivity index (χ0) is 15.0. The molecule has 1 saturated heterocycles. The molecule has 7 nitrogen and oxygen atoms in total. The van der Waals surface area contributed by atoms with Crippen molar-refractivity contribution in [2.45, 2.75) is 25.0 Å². The lowest BCUT2D eigenvalue weighted by molar-refractivity contribution is 0.0158. The number of carbonyl (C=O) groups excluding carboxylic acids is 1. The summed E-state index contributed by atoms with van der Waals surface area (Å²) in [6.45, 7) is 3.52. The van der Waals surface area contributed by atoms with E-state index >= 15 is 0 Å². The highest BCUT2D eigenvalue weighted by atomic mass is 16.5. The number of hydrogen-bond donors (Lipinski definition) is 2. The van der Waals surface area contributed by atoms with E-state index in [1.807, 2.05) is 0 Å². The van der Waals surface area contributed by atoms with Gasteiger partial charge in [0.25, 0.3) is 5.91 Å². The second-order valence-corrected chi connectivity index (χ2v) is 6.24. The topological polar surface area (TPSA) is 81.8 Å². The van der Waals surface area contributed by atoms with Crippen LogP contribution in [-0.4, -0.2) is 71.8 Å². The molecular formula is C14H22N4O3. The second kappa shape index (κ2) is 5.40. The van der Waals surface area contributed by atoms with Gasteiger partial charge in [-0.1, -0.05) is 5.16 Å². The third-order valence-corrected chi connectivity index (χ3v) is 4.25. The Hall–Kier alpha value is -1.44. The highest BCUT2D eigenvalue weighted by Gasteiger charge is 2.36. The van der Waals surface area contributed by atoms with Crippen molar-refractivity contribution in [3.05, 3.63) is 17.0 Å². The summed E-state index contributed by atoms with van der Waals surface area (Å²) >= 11 is 0. The van der Waals surface area contributed by atoms with Gasteiger partial charge in [-0.05, 0) is 13.0 Å². The van der Waals surface area contributed by atoms with Gasteiger partial charge < -0.3 is 19.8 Å². The number of β-amino-alcohol motifs (C(OH)–C–C–N with tert-alkyl or cyclic N) is 1. The molecule has 1 aromatic rings. The molecule has 0 saturated carbocycles. The first-order valence-electron chi connectivity index (χ1n) is 7.33. The fourth-order valence-electron chi connectivity index (χ4n) is 3.06. The molecule has 21 heavy (non-hydrogen) atoms. The van der Waals surface area contributed by atoms with Gasteiger partial charge in [0, 0.05) is 52.3 Å². The van der Waals surface area contributed by atoms with Crippen LogP contribution in [0, 0.1) is 0 Å². The summed E-state index contributed by atoms with van der Waals surface area (Å²) in [5.74, 6) is 0.663. The molecule has 2 N–H and O–H groups in total. The monoisotopic (exact) mass is 294 g/mol. The third-order valence-electron chi connectivity index (χ3n) is 4.25.